The minimum absolute atomic E-state index is 0.0707. The topological polar surface area (TPSA) is 67.9 Å². The first kappa shape index (κ1) is 15.3. The van der Waals surface area contributed by atoms with Gasteiger partial charge in [0.25, 0.3) is 5.91 Å². The summed E-state index contributed by atoms with van der Waals surface area (Å²) in [5, 5.41) is 2.81. The van der Waals surface area contributed by atoms with Crippen LogP contribution in [0.1, 0.15) is 21.5 Å². The SMILES string of the molecule is C=C1c2ccccc2C(=O)N1CC(=O)NCc1cccc2c1OCO2. The molecule has 6 nitrogen and oxygen atoms in total. The van der Waals surface area contributed by atoms with Gasteiger partial charge in [0.15, 0.2) is 11.5 Å². The van der Waals surface area contributed by atoms with Crippen molar-refractivity contribution in [3.63, 3.8) is 0 Å². The van der Waals surface area contributed by atoms with Crippen LogP contribution in [0.4, 0.5) is 0 Å². The highest BCUT2D eigenvalue weighted by Gasteiger charge is 2.31. The Kier molecular flexibility index (Phi) is 3.65. The molecule has 2 heterocycles. The van der Waals surface area contributed by atoms with Gasteiger partial charge in [-0.05, 0) is 12.1 Å². The van der Waals surface area contributed by atoms with Crippen molar-refractivity contribution in [2.75, 3.05) is 13.3 Å². The van der Waals surface area contributed by atoms with E-state index in [1.54, 1.807) is 12.1 Å². The molecule has 0 spiro atoms. The molecule has 2 aromatic carbocycles. The van der Waals surface area contributed by atoms with Gasteiger partial charge < -0.3 is 14.8 Å². The lowest BCUT2D eigenvalue weighted by atomic mass is 10.1. The number of benzene rings is 2. The van der Waals surface area contributed by atoms with Crippen molar-refractivity contribution in [2.24, 2.45) is 0 Å². The van der Waals surface area contributed by atoms with E-state index in [1.165, 1.54) is 4.90 Å². The van der Waals surface area contributed by atoms with Crippen LogP contribution in [0.2, 0.25) is 0 Å². The third-order valence-electron chi connectivity index (χ3n) is 4.30. The molecule has 0 bridgehead atoms. The smallest absolute Gasteiger partial charge is 0.259 e. The Morgan fingerprint density at radius 2 is 1.92 bits per heavy atom. The average Bonchev–Trinajstić information content (AvgIpc) is 3.20. The van der Waals surface area contributed by atoms with E-state index in [2.05, 4.69) is 11.9 Å². The fourth-order valence-electron chi connectivity index (χ4n) is 3.03. The highest BCUT2D eigenvalue weighted by molar-refractivity contribution is 6.10. The Balaban J connectivity index is 1.42. The normalized spacial score (nSPS) is 14.6. The number of nitrogens with one attached hydrogen (secondary N) is 1. The molecule has 2 aliphatic heterocycles. The number of ether oxygens (including phenoxy) is 2. The molecular weight excluding hydrogens is 320 g/mol. The van der Waals surface area contributed by atoms with E-state index in [0.29, 0.717) is 29.3 Å². The van der Waals surface area contributed by atoms with Gasteiger partial charge >= 0.3 is 0 Å². The summed E-state index contributed by atoms with van der Waals surface area (Å²) in [4.78, 5) is 26.1. The van der Waals surface area contributed by atoms with Gasteiger partial charge in [-0.3, -0.25) is 14.5 Å². The van der Waals surface area contributed by atoms with Crippen molar-refractivity contribution < 1.29 is 19.1 Å². The largest absolute Gasteiger partial charge is 0.454 e. The van der Waals surface area contributed by atoms with Crippen LogP contribution in [-0.2, 0) is 11.3 Å². The van der Waals surface area contributed by atoms with E-state index in [9.17, 15) is 9.59 Å². The Bertz CT molecular complexity index is 856. The molecule has 2 aliphatic rings. The van der Waals surface area contributed by atoms with E-state index < -0.39 is 0 Å². The summed E-state index contributed by atoms with van der Waals surface area (Å²) >= 11 is 0. The van der Waals surface area contributed by atoms with Gasteiger partial charge in [-0.25, -0.2) is 0 Å². The second-order valence-electron chi connectivity index (χ2n) is 5.81. The van der Waals surface area contributed by atoms with E-state index in [0.717, 1.165) is 11.1 Å². The summed E-state index contributed by atoms with van der Waals surface area (Å²) in [5.41, 5.74) is 2.73. The van der Waals surface area contributed by atoms with Crippen molar-refractivity contribution >= 4 is 17.5 Å². The Hall–Kier alpha value is -3.28. The monoisotopic (exact) mass is 336 g/mol. The molecule has 0 saturated carbocycles. The number of amides is 2. The van der Waals surface area contributed by atoms with Crippen LogP contribution in [0.25, 0.3) is 5.70 Å². The number of nitrogens with zero attached hydrogens (tertiary/aromatic N) is 1. The Morgan fingerprint density at radius 3 is 2.72 bits per heavy atom. The van der Waals surface area contributed by atoms with Crippen molar-refractivity contribution in [1.82, 2.24) is 10.2 Å². The summed E-state index contributed by atoms with van der Waals surface area (Å²) in [6.45, 7) is 4.34. The highest BCUT2D eigenvalue weighted by atomic mass is 16.7. The average molecular weight is 336 g/mol. The first-order valence-electron chi connectivity index (χ1n) is 7.89. The molecule has 0 aromatic heterocycles. The molecule has 25 heavy (non-hydrogen) atoms. The lowest BCUT2D eigenvalue weighted by molar-refractivity contribution is -0.121. The van der Waals surface area contributed by atoms with Crippen molar-refractivity contribution in [3.8, 4) is 11.5 Å². The second kappa shape index (κ2) is 5.98. The molecule has 4 rings (SSSR count). The Labute approximate surface area is 144 Å². The third kappa shape index (κ3) is 2.61. The van der Waals surface area contributed by atoms with Crippen LogP contribution in [0.3, 0.4) is 0 Å². The van der Waals surface area contributed by atoms with Crippen LogP contribution in [-0.4, -0.2) is 30.1 Å². The third-order valence-corrected chi connectivity index (χ3v) is 4.30. The first-order chi connectivity index (χ1) is 12.1. The number of carbonyl (C=O) groups excluding carboxylic acids is 2. The molecule has 6 heteroatoms. The highest BCUT2D eigenvalue weighted by Crippen LogP contribution is 2.35. The van der Waals surface area contributed by atoms with Gasteiger partial charge in [0, 0.05) is 28.9 Å². The number of carbonyl (C=O) groups is 2. The fourth-order valence-corrected chi connectivity index (χ4v) is 3.03. The minimum atomic E-state index is -0.265. The van der Waals surface area contributed by atoms with Gasteiger partial charge in [0.05, 0.1) is 0 Å². The van der Waals surface area contributed by atoms with Gasteiger partial charge in [-0.1, -0.05) is 36.9 Å². The molecule has 2 aromatic rings. The molecule has 2 amide bonds. The fraction of sp³-hybridized carbons (Fsp3) is 0.158. The Morgan fingerprint density at radius 1 is 1.12 bits per heavy atom. The first-order valence-corrected chi connectivity index (χ1v) is 7.89. The lowest BCUT2D eigenvalue weighted by Gasteiger charge is -2.17. The zero-order valence-electron chi connectivity index (χ0n) is 13.5. The molecular formula is C19H16N2O4. The van der Waals surface area contributed by atoms with E-state index in [1.807, 2.05) is 30.3 Å². The van der Waals surface area contributed by atoms with E-state index in [-0.39, 0.29) is 25.2 Å². The zero-order valence-corrected chi connectivity index (χ0v) is 13.5. The second-order valence-corrected chi connectivity index (χ2v) is 5.81. The van der Waals surface area contributed by atoms with Crippen LogP contribution in [0.15, 0.2) is 49.0 Å². The summed E-state index contributed by atoms with van der Waals surface area (Å²) < 4.78 is 10.7. The summed E-state index contributed by atoms with van der Waals surface area (Å²) in [6, 6.07) is 12.7. The predicted octanol–water partition coefficient (Wildman–Crippen LogP) is 2.16. The predicted molar refractivity (Wildman–Crippen MR) is 90.9 cm³/mol. The summed E-state index contributed by atoms with van der Waals surface area (Å²) in [6.07, 6.45) is 0. The molecule has 0 aliphatic carbocycles. The van der Waals surface area contributed by atoms with Crippen LogP contribution in [0, 0.1) is 0 Å². The summed E-state index contributed by atoms with van der Waals surface area (Å²) in [5.74, 6) is 0.856. The van der Waals surface area contributed by atoms with Gasteiger partial charge in [0.1, 0.15) is 6.54 Å². The molecule has 126 valence electrons. The van der Waals surface area contributed by atoms with Gasteiger partial charge in [0.2, 0.25) is 12.7 Å². The molecule has 0 saturated heterocycles. The van der Waals surface area contributed by atoms with Crippen molar-refractivity contribution in [3.05, 3.63) is 65.7 Å². The maximum atomic E-state index is 12.4. The number of hydrogen-bond acceptors (Lipinski definition) is 4. The minimum Gasteiger partial charge on any atom is -0.454 e. The maximum Gasteiger partial charge on any atom is 0.259 e. The molecule has 0 fully saturated rings. The number of fused-ring (bicyclic) bond motifs is 2. The molecule has 0 radical (unpaired) electrons. The number of hydrogen-bond donors (Lipinski definition) is 1. The van der Waals surface area contributed by atoms with Crippen LogP contribution in [0.5, 0.6) is 11.5 Å². The zero-order chi connectivity index (χ0) is 17.4. The van der Waals surface area contributed by atoms with Crippen molar-refractivity contribution in [2.45, 2.75) is 6.54 Å². The van der Waals surface area contributed by atoms with Gasteiger partial charge in [-0.15, -0.1) is 0 Å². The quantitative estimate of drug-likeness (QED) is 0.929. The maximum absolute atomic E-state index is 12.4. The lowest BCUT2D eigenvalue weighted by Crippen LogP contribution is -2.36. The molecule has 0 atom stereocenters. The van der Waals surface area contributed by atoms with Gasteiger partial charge in [-0.2, -0.15) is 0 Å². The molecule has 0 unspecified atom stereocenters. The van der Waals surface area contributed by atoms with E-state index in [4.69, 9.17) is 9.47 Å². The van der Waals surface area contributed by atoms with E-state index >= 15 is 0 Å². The standard InChI is InChI=1S/C19H16N2O4/c1-12-14-6-2-3-7-15(14)19(23)21(12)10-17(22)20-9-13-5-4-8-16-18(13)25-11-24-16/h2-8H,1,9-11H2,(H,20,22). The van der Waals surface area contributed by atoms with Crippen molar-refractivity contribution in [1.29, 1.82) is 0 Å². The van der Waals surface area contributed by atoms with Crippen LogP contribution >= 0.6 is 0 Å². The molecule has 1 N–H and O–H groups in total. The number of rotatable bonds is 4. The van der Waals surface area contributed by atoms with Crippen LogP contribution < -0.4 is 14.8 Å². The summed E-state index contributed by atoms with van der Waals surface area (Å²) in [7, 11) is 0. The number of para-hydroxylation sites is 1.